The molecular weight excluding hydrogens is 276 g/mol. The van der Waals surface area contributed by atoms with Gasteiger partial charge in [-0.2, -0.15) is 0 Å². The molecule has 2 N–H and O–H groups in total. The third-order valence-electron chi connectivity index (χ3n) is 3.40. The zero-order valence-corrected chi connectivity index (χ0v) is 12.6. The number of benzene rings is 1. The molecule has 0 saturated carbocycles. The van der Waals surface area contributed by atoms with Crippen molar-refractivity contribution in [3.8, 4) is 11.5 Å². The normalized spacial score (nSPS) is 15.8. The Kier molecular flexibility index (Phi) is 5.03. The van der Waals surface area contributed by atoms with Gasteiger partial charge in [-0.15, -0.1) is 0 Å². The van der Waals surface area contributed by atoms with Gasteiger partial charge in [-0.05, 0) is 37.2 Å². The van der Waals surface area contributed by atoms with Gasteiger partial charge in [-0.3, -0.25) is 0 Å². The number of aliphatic hydroxyl groups is 1. The maximum Gasteiger partial charge on any atom is 0.173 e. The van der Waals surface area contributed by atoms with Crippen LogP contribution in [0.15, 0.2) is 18.2 Å². The molecule has 6 heteroatoms. The van der Waals surface area contributed by atoms with Gasteiger partial charge in [0.15, 0.2) is 5.11 Å². The van der Waals surface area contributed by atoms with Crippen LogP contribution in [-0.2, 0) is 0 Å². The molecule has 0 amide bonds. The molecule has 1 saturated heterocycles. The molecule has 1 aliphatic heterocycles. The van der Waals surface area contributed by atoms with Gasteiger partial charge < -0.3 is 24.8 Å². The molecule has 2 rings (SSSR count). The van der Waals surface area contributed by atoms with E-state index in [-0.39, 0.29) is 6.10 Å². The van der Waals surface area contributed by atoms with E-state index in [1.165, 1.54) is 0 Å². The van der Waals surface area contributed by atoms with E-state index in [1.54, 1.807) is 14.2 Å². The van der Waals surface area contributed by atoms with Gasteiger partial charge in [0.25, 0.3) is 0 Å². The minimum atomic E-state index is -0.208. The summed E-state index contributed by atoms with van der Waals surface area (Å²) in [4.78, 5) is 2.06. The molecule has 0 aliphatic carbocycles. The molecule has 0 bridgehead atoms. The highest BCUT2D eigenvalue weighted by Gasteiger charge is 2.19. The number of nitrogens with zero attached hydrogens (tertiary/aromatic N) is 1. The van der Waals surface area contributed by atoms with Crippen molar-refractivity contribution in [2.75, 3.05) is 32.6 Å². The molecule has 1 fully saturated rings. The maximum absolute atomic E-state index is 9.52. The minimum absolute atomic E-state index is 0.208. The van der Waals surface area contributed by atoms with E-state index in [2.05, 4.69) is 10.2 Å². The van der Waals surface area contributed by atoms with E-state index in [1.807, 2.05) is 18.2 Å². The number of nitrogens with one attached hydrogen (secondary N) is 1. The molecule has 0 aromatic heterocycles. The van der Waals surface area contributed by atoms with Crippen molar-refractivity contribution in [2.24, 2.45) is 0 Å². The smallest absolute Gasteiger partial charge is 0.173 e. The number of hydrogen-bond acceptors (Lipinski definition) is 4. The van der Waals surface area contributed by atoms with Gasteiger partial charge in [0, 0.05) is 19.2 Å². The number of methoxy groups -OCH3 is 2. The van der Waals surface area contributed by atoms with Crippen molar-refractivity contribution in [2.45, 2.75) is 18.9 Å². The van der Waals surface area contributed by atoms with Crippen LogP contribution in [0, 0.1) is 0 Å². The average molecular weight is 296 g/mol. The Hall–Kier alpha value is -1.53. The van der Waals surface area contributed by atoms with Gasteiger partial charge in [0.2, 0.25) is 0 Å². The second-order valence-electron chi connectivity index (χ2n) is 4.71. The van der Waals surface area contributed by atoms with Gasteiger partial charge in [-0.1, -0.05) is 0 Å². The highest BCUT2D eigenvalue weighted by Crippen LogP contribution is 2.29. The SMILES string of the molecule is COc1ccc(OC)c(NC(=S)N2CCC(O)CC2)c1. The van der Waals surface area contributed by atoms with Crippen LogP contribution in [-0.4, -0.2) is 48.5 Å². The number of anilines is 1. The number of hydrogen-bond donors (Lipinski definition) is 2. The number of piperidine rings is 1. The number of ether oxygens (including phenoxy) is 2. The first kappa shape index (κ1) is 14.9. The molecule has 110 valence electrons. The molecule has 0 unspecified atom stereocenters. The molecule has 1 heterocycles. The summed E-state index contributed by atoms with van der Waals surface area (Å²) in [5.41, 5.74) is 0.781. The zero-order valence-electron chi connectivity index (χ0n) is 11.8. The average Bonchev–Trinajstić information content (AvgIpc) is 2.47. The first-order valence-electron chi connectivity index (χ1n) is 6.60. The fourth-order valence-corrected chi connectivity index (χ4v) is 2.47. The monoisotopic (exact) mass is 296 g/mol. The Bertz CT molecular complexity index is 473. The highest BCUT2D eigenvalue weighted by molar-refractivity contribution is 7.80. The molecule has 0 radical (unpaired) electrons. The number of thiocarbonyl (C=S) groups is 1. The molecule has 1 aliphatic rings. The Balaban J connectivity index is 2.06. The van der Waals surface area contributed by atoms with Crippen LogP contribution in [0.3, 0.4) is 0 Å². The molecular formula is C14H20N2O3S. The molecule has 20 heavy (non-hydrogen) atoms. The third kappa shape index (κ3) is 3.52. The van der Waals surface area contributed by atoms with Crippen LogP contribution < -0.4 is 14.8 Å². The third-order valence-corrected chi connectivity index (χ3v) is 3.76. The maximum atomic E-state index is 9.52. The summed E-state index contributed by atoms with van der Waals surface area (Å²) in [6, 6.07) is 5.53. The number of likely N-dealkylation sites (tertiary alicyclic amines) is 1. The van der Waals surface area contributed by atoms with Gasteiger partial charge >= 0.3 is 0 Å². The summed E-state index contributed by atoms with van der Waals surface area (Å²) in [7, 11) is 3.24. The Morgan fingerprint density at radius 2 is 2.00 bits per heavy atom. The van der Waals surface area contributed by atoms with Crippen molar-refractivity contribution in [1.29, 1.82) is 0 Å². The van der Waals surface area contributed by atoms with Gasteiger partial charge in [-0.25, -0.2) is 0 Å². The first-order valence-corrected chi connectivity index (χ1v) is 7.01. The van der Waals surface area contributed by atoms with E-state index in [9.17, 15) is 5.11 Å². The second kappa shape index (κ2) is 6.76. The molecule has 1 aromatic rings. The number of rotatable bonds is 3. The standard InChI is InChI=1S/C14H20N2O3S/c1-18-11-3-4-13(19-2)12(9-11)15-14(20)16-7-5-10(17)6-8-16/h3-4,9-10,17H,5-8H2,1-2H3,(H,15,20). The quantitative estimate of drug-likeness (QED) is 0.830. The molecule has 0 atom stereocenters. The lowest BCUT2D eigenvalue weighted by atomic mass is 10.1. The van der Waals surface area contributed by atoms with Crippen LogP contribution in [0.4, 0.5) is 5.69 Å². The van der Waals surface area contributed by atoms with Crippen LogP contribution in [0.1, 0.15) is 12.8 Å². The summed E-state index contributed by atoms with van der Waals surface area (Å²) in [6.07, 6.45) is 1.29. The minimum Gasteiger partial charge on any atom is -0.497 e. The van der Waals surface area contributed by atoms with Crippen LogP contribution >= 0.6 is 12.2 Å². The topological polar surface area (TPSA) is 54.0 Å². The second-order valence-corrected chi connectivity index (χ2v) is 5.10. The largest absolute Gasteiger partial charge is 0.497 e. The highest BCUT2D eigenvalue weighted by atomic mass is 32.1. The van der Waals surface area contributed by atoms with Crippen LogP contribution in [0.5, 0.6) is 11.5 Å². The van der Waals surface area contributed by atoms with E-state index in [4.69, 9.17) is 21.7 Å². The first-order chi connectivity index (χ1) is 9.63. The summed E-state index contributed by atoms with van der Waals surface area (Å²) >= 11 is 5.42. The van der Waals surface area contributed by atoms with Crippen molar-refractivity contribution in [1.82, 2.24) is 4.90 Å². The lowest BCUT2D eigenvalue weighted by Crippen LogP contribution is -2.42. The Labute approximate surface area is 124 Å². The van der Waals surface area contributed by atoms with E-state index in [0.29, 0.717) is 10.9 Å². The van der Waals surface area contributed by atoms with Crippen molar-refractivity contribution < 1.29 is 14.6 Å². The lowest BCUT2D eigenvalue weighted by molar-refractivity contribution is 0.110. The van der Waals surface area contributed by atoms with E-state index >= 15 is 0 Å². The predicted octanol–water partition coefficient (Wildman–Crippen LogP) is 1.86. The zero-order chi connectivity index (χ0) is 14.5. The van der Waals surface area contributed by atoms with Gasteiger partial charge in [0.1, 0.15) is 11.5 Å². The fourth-order valence-electron chi connectivity index (χ4n) is 2.17. The van der Waals surface area contributed by atoms with Crippen LogP contribution in [0.2, 0.25) is 0 Å². The summed E-state index contributed by atoms with van der Waals surface area (Å²) < 4.78 is 10.5. The fraction of sp³-hybridized carbons (Fsp3) is 0.500. The molecule has 5 nitrogen and oxygen atoms in total. The van der Waals surface area contributed by atoms with Crippen molar-refractivity contribution in [3.05, 3.63) is 18.2 Å². The van der Waals surface area contributed by atoms with Crippen molar-refractivity contribution >= 4 is 23.0 Å². The molecule has 1 aromatic carbocycles. The van der Waals surface area contributed by atoms with Crippen LogP contribution in [0.25, 0.3) is 0 Å². The van der Waals surface area contributed by atoms with E-state index < -0.39 is 0 Å². The summed E-state index contributed by atoms with van der Waals surface area (Å²) in [5, 5.41) is 13.4. The van der Waals surface area contributed by atoms with E-state index in [0.717, 1.165) is 37.4 Å². The Morgan fingerprint density at radius 1 is 1.30 bits per heavy atom. The Morgan fingerprint density at radius 3 is 2.60 bits per heavy atom. The van der Waals surface area contributed by atoms with Crippen molar-refractivity contribution in [3.63, 3.8) is 0 Å². The summed E-state index contributed by atoms with van der Waals surface area (Å²) in [6.45, 7) is 1.53. The van der Waals surface area contributed by atoms with Gasteiger partial charge in [0.05, 0.1) is 26.0 Å². The number of aliphatic hydroxyl groups excluding tert-OH is 1. The predicted molar refractivity (Wildman–Crippen MR) is 82.6 cm³/mol. The summed E-state index contributed by atoms with van der Waals surface area (Å²) in [5.74, 6) is 1.45. The lowest BCUT2D eigenvalue weighted by Gasteiger charge is -2.32. The molecule has 0 spiro atoms.